The quantitative estimate of drug-likeness (QED) is 0.285. The zero-order valence-corrected chi connectivity index (χ0v) is 18.0. The summed E-state index contributed by atoms with van der Waals surface area (Å²) >= 11 is 0. The van der Waals surface area contributed by atoms with Gasteiger partial charge in [0.2, 0.25) is 0 Å². The molecule has 29 heavy (non-hydrogen) atoms. The Morgan fingerprint density at radius 2 is 1.41 bits per heavy atom. The van der Waals surface area contributed by atoms with E-state index in [0.717, 1.165) is 25.3 Å². The Bertz CT molecular complexity index is 847. The lowest BCUT2D eigenvalue weighted by Gasteiger charge is -2.12. The predicted octanol–water partition coefficient (Wildman–Crippen LogP) is 6.50. The molecule has 0 saturated carbocycles. The summed E-state index contributed by atoms with van der Waals surface area (Å²) in [7, 11) is -4.55. The number of benzene rings is 2. The zero-order valence-electron chi connectivity index (χ0n) is 17.1. The third-order valence-electron chi connectivity index (χ3n) is 4.93. The highest BCUT2D eigenvalue weighted by Crippen LogP contribution is 2.35. The van der Waals surface area contributed by atoms with Gasteiger partial charge in [0.25, 0.3) is 10.1 Å². The van der Waals surface area contributed by atoms with Gasteiger partial charge in [-0.1, -0.05) is 76.5 Å². The average Bonchev–Trinajstić information content (AvgIpc) is 2.68. The molecule has 2 aromatic carbocycles. The second-order valence-corrected chi connectivity index (χ2v) is 8.79. The van der Waals surface area contributed by atoms with Crippen LogP contribution in [0.1, 0.15) is 70.3 Å². The standard InChI is InChI=1S/C23H32O5S/c1-2-3-4-5-6-7-8-9-11-14-19-17-21(28-20-15-12-10-13-16-20)18-22(23(19)24)29(25,26)27/h10,12-13,15-18,24H,2-9,11,14H2,1H3,(H,25,26,27). The lowest BCUT2D eigenvalue weighted by Crippen LogP contribution is -2.02. The normalized spacial score (nSPS) is 11.5. The average molecular weight is 421 g/mol. The van der Waals surface area contributed by atoms with Crippen LogP contribution >= 0.6 is 0 Å². The van der Waals surface area contributed by atoms with Gasteiger partial charge in [-0.25, -0.2) is 0 Å². The summed E-state index contributed by atoms with van der Waals surface area (Å²) in [6.07, 6.45) is 11.1. The van der Waals surface area contributed by atoms with Gasteiger partial charge in [-0.15, -0.1) is 0 Å². The maximum absolute atomic E-state index is 11.7. The molecule has 6 heteroatoms. The number of aromatic hydroxyl groups is 1. The van der Waals surface area contributed by atoms with Crippen molar-refractivity contribution in [3.8, 4) is 17.2 Å². The van der Waals surface area contributed by atoms with Crippen LogP contribution in [0.5, 0.6) is 17.2 Å². The van der Waals surface area contributed by atoms with E-state index in [0.29, 0.717) is 17.7 Å². The number of hydrogen-bond acceptors (Lipinski definition) is 4. The summed E-state index contributed by atoms with van der Waals surface area (Å²) in [5.41, 5.74) is 0.467. The summed E-state index contributed by atoms with van der Waals surface area (Å²) in [4.78, 5) is -0.517. The number of aryl methyl sites for hydroxylation is 1. The molecule has 2 aromatic rings. The van der Waals surface area contributed by atoms with Crippen molar-refractivity contribution >= 4 is 10.1 Å². The van der Waals surface area contributed by atoms with E-state index in [1.54, 1.807) is 18.2 Å². The molecule has 0 saturated heterocycles. The summed E-state index contributed by atoms with van der Waals surface area (Å²) in [5.74, 6) is 0.425. The van der Waals surface area contributed by atoms with Crippen molar-refractivity contribution in [2.45, 2.75) is 76.0 Å². The van der Waals surface area contributed by atoms with Gasteiger partial charge < -0.3 is 9.84 Å². The monoisotopic (exact) mass is 420 g/mol. The maximum Gasteiger partial charge on any atom is 0.298 e. The minimum atomic E-state index is -4.55. The predicted molar refractivity (Wildman–Crippen MR) is 115 cm³/mol. The Hall–Kier alpha value is -2.05. The Kier molecular flexibility index (Phi) is 9.48. The van der Waals surface area contributed by atoms with Crippen LogP contribution in [0.4, 0.5) is 0 Å². The fourth-order valence-electron chi connectivity index (χ4n) is 3.33. The van der Waals surface area contributed by atoms with E-state index < -0.39 is 20.8 Å². The molecule has 0 fully saturated rings. The minimum Gasteiger partial charge on any atom is -0.506 e. The van der Waals surface area contributed by atoms with Crippen LogP contribution < -0.4 is 4.74 Å². The van der Waals surface area contributed by atoms with E-state index in [-0.39, 0.29) is 5.75 Å². The topological polar surface area (TPSA) is 83.8 Å². The summed E-state index contributed by atoms with van der Waals surface area (Å²) in [6.45, 7) is 2.21. The molecule has 0 heterocycles. The number of phenols is 1. The van der Waals surface area contributed by atoms with Crippen LogP contribution in [-0.2, 0) is 16.5 Å². The molecule has 0 bridgehead atoms. The molecule has 0 atom stereocenters. The SMILES string of the molecule is CCCCCCCCCCCc1cc(Oc2ccccc2)cc(S(=O)(=O)O)c1O. The Morgan fingerprint density at radius 3 is 2.00 bits per heavy atom. The molecule has 0 aliphatic rings. The van der Waals surface area contributed by atoms with Gasteiger partial charge in [0.15, 0.2) is 0 Å². The molecular formula is C23H32O5S. The number of hydrogen-bond donors (Lipinski definition) is 2. The first kappa shape index (κ1) is 23.2. The largest absolute Gasteiger partial charge is 0.506 e. The Morgan fingerprint density at radius 1 is 0.828 bits per heavy atom. The lowest BCUT2D eigenvalue weighted by atomic mass is 10.0. The van der Waals surface area contributed by atoms with Crippen LogP contribution in [0.2, 0.25) is 0 Å². The first-order valence-electron chi connectivity index (χ1n) is 10.5. The van der Waals surface area contributed by atoms with E-state index >= 15 is 0 Å². The maximum atomic E-state index is 11.7. The molecule has 2 rings (SSSR count). The van der Waals surface area contributed by atoms with Crippen molar-refractivity contribution in [3.05, 3.63) is 48.0 Å². The van der Waals surface area contributed by atoms with Crippen LogP contribution in [0.25, 0.3) is 0 Å². The third kappa shape index (κ3) is 8.07. The van der Waals surface area contributed by atoms with Gasteiger partial charge in [-0.3, -0.25) is 4.55 Å². The summed E-state index contributed by atoms with van der Waals surface area (Å²) < 4.78 is 38.5. The second-order valence-electron chi connectivity index (χ2n) is 7.40. The van der Waals surface area contributed by atoms with Crippen LogP contribution in [0, 0.1) is 0 Å². The molecule has 0 aromatic heterocycles. The van der Waals surface area contributed by atoms with E-state index in [1.165, 1.54) is 38.5 Å². The fraction of sp³-hybridized carbons (Fsp3) is 0.478. The molecule has 0 aliphatic carbocycles. The zero-order chi connectivity index (χ0) is 21.1. The lowest BCUT2D eigenvalue weighted by molar-refractivity contribution is 0.428. The number of para-hydroxylation sites is 1. The van der Waals surface area contributed by atoms with Crippen molar-refractivity contribution in [2.75, 3.05) is 0 Å². The number of rotatable bonds is 13. The van der Waals surface area contributed by atoms with E-state index in [1.807, 2.05) is 18.2 Å². The molecule has 2 N–H and O–H groups in total. The van der Waals surface area contributed by atoms with Crippen molar-refractivity contribution in [2.24, 2.45) is 0 Å². The number of ether oxygens (including phenoxy) is 1. The van der Waals surface area contributed by atoms with Gasteiger partial charge in [0.05, 0.1) is 0 Å². The molecule has 0 radical (unpaired) electrons. The molecule has 160 valence electrons. The molecule has 0 amide bonds. The van der Waals surface area contributed by atoms with Gasteiger partial charge in [-0.05, 0) is 36.6 Å². The van der Waals surface area contributed by atoms with Crippen LogP contribution in [-0.4, -0.2) is 18.1 Å². The highest BCUT2D eigenvalue weighted by molar-refractivity contribution is 7.86. The van der Waals surface area contributed by atoms with Crippen molar-refractivity contribution in [1.29, 1.82) is 0 Å². The van der Waals surface area contributed by atoms with Gasteiger partial charge >= 0.3 is 0 Å². The minimum absolute atomic E-state index is 0.271. The first-order chi connectivity index (χ1) is 13.9. The van der Waals surface area contributed by atoms with Gasteiger partial charge in [0.1, 0.15) is 22.1 Å². The Labute approximate surface area is 174 Å². The Balaban J connectivity index is 1.98. The van der Waals surface area contributed by atoms with Crippen LogP contribution in [0.15, 0.2) is 47.4 Å². The highest BCUT2D eigenvalue weighted by Gasteiger charge is 2.20. The van der Waals surface area contributed by atoms with Gasteiger partial charge in [0, 0.05) is 6.07 Å². The third-order valence-corrected chi connectivity index (χ3v) is 5.80. The molecule has 0 spiro atoms. The number of unbranched alkanes of at least 4 members (excludes halogenated alkanes) is 8. The first-order valence-corrected chi connectivity index (χ1v) is 11.9. The smallest absolute Gasteiger partial charge is 0.298 e. The van der Waals surface area contributed by atoms with E-state index in [4.69, 9.17) is 4.74 Å². The summed E-state index contributed by atoms with van der Waals surface area (Å²) in [5, 5.41) is 10.3. The second kappa shape index (κ2) is 11.8. The molecule has 5 nitrogen and oxygen atoms in total. The van der Waals surface area contributed by atoms with Crippen molar-refractivity contribution in [1.82, 2.24) is 0 Å². The highest BCUT2D eigenvalue weighted by atomic mass is 32.2. The summed E-state index contributed by atoms with van der Waals surface area (Å²) in [6, 6.07) is 11.8. The van der Waals surface area contributed by atoms with E-state index in [9.17, 15) is 18.1 Å². The van der Waals surface area contributed by atoms with Crippen molar-refractivity contribution < 1.29 is 22.8 Å². The van der Waals surface area contributed by atoms with Crippen LogP contribution in [0.3, 0.4) is 0 Å². The molecular weight excluding hydrogens is 388 g/mol. The van der Waals surface area contributed by atoms with Crippen molar-refractivity contribution in [3.63, 3.8) is 0 Å². The van der Waals surface area contributed by atoms with E-state index in [2.05, 4.69) is 6.92 Å². The van der Waals surface area contributed by atoms with Gasteiger partial charge in [-0.2, -0.15) is 8.42 Å². The molecule has 0 unspecified atom stereocenters. The molecule has 0 aliphatic heterocycles. The number of phenolic OH excluding ortho intramolecular Hbond substituents is 1. The fourth-order valence-corrected chi connectivity index (χ4v) is 3.97.